The minimum atomic E-state index is -2.88. The van der Waals surface area contributed by atoms with E-state index in [2.05, 4.69) is 159 Å². The van der Waals surface area contributed by atoms with Crippen LogP contribution in [0.3, 0.4) is 0 Å². The fraction of sp³-hybridized carbons (Fsp3) is 0.0652. The second-order valence-corrected chi connectivity index (χ2v) is 16.9. The molecule has 0 amide bonds. The molecule has 2 aromatic heterocycles. The second-order valence-electron chi connectivity index (χ2n) is 13.1. The summed E-state index contributed by atoms with van der Waals surface area (Å²) >= 11 is 0. The number of fused-ring (bicyclic) bond motifs is 1. The van der Waals surface area contributed by atoms with E-state index in [1.807, 2.05) is 24.3 Å². The third-order valence-corrected chi connectivity index (χ3v) is 14.4. The van der Waals surface area contributed by atoms with Crippen molar-refractivity contribution in [3.8, 4) is 39.5 Å². The quantitative estimate of drug-likeness (QED) is 0.0954. The normalized spacial score (nSPS) is 11.4. The molecule has 0 bridgehead atoms. The van der Waals surface area contributed by atoms with Gasteiger partial charge in [-0.15, -0.1) is 47.1 Å². The maximum Gasteiger partial charge on any atom is 0.178 e. The summed E-state index contributed by atoms with van der Waals surface area (Å²) in [6, 6.07) is 63.1. The Bertz CT molecular complexity index is 2310. The number of pyridine rings is 1. The van der Waals surface area contributed by atoms with Crippen LogP contribution in [0.25, 0.3) is 44.7 Å². The van der Waals surface area contributed by atoms with E-state index in [0.29, 0.717) is 5.92 Å². The van der Waals surface area contributed by atoms with Gasteiger partial charge < -0.3 is 10.1 Å². The van der Waals surface area contributed by atoms with Gasteiger partial charge in [-0.3, -0.25) is 4.98 Å². The van der Waals surface area contributed by atoms with Gasteiger partial charge in [-0.05, 0) is 61.9 Å². The number of para-hydroxylation sites is 1. The molecule has 0 aliphatic rings. The summed E-state index contributed by atoms with van der Waals surface area (Å²) in [4.78, 5) is 10.5. The van der Waals surface area contributed by atoms with Gasteiger partial charge in [-0.2, -0.15) is 0 Å². The average molecular weight is 858 g/mol. The largest absolute Gasteiger partial charge is 0.656 e. The minimum absolute atomic E-state index is 0. The van der Waals surface area contributed by atoms with Crippen LogP contribution >= 0.6 is 0 Å². The zero-order valence-electron chi connectivity index (χ0n) is 28.4. The van der Waals surface area contributed by atoms with Crippen molar-refractivity contribution in [2.24, 2.45) is 0 Å². The van der Waals surface area contributed by atoms with E-state index in [1.54, 1.807) is 6.07 Å². The fourth-order valence-electron chi connectivity index (χ4n) is 7.21. The van der Waals surface area contributed by atoms with Gasteiger partial charge >= 0.3 is 0 Å². The molecule has 0 unspecified atom stereocenters. The van der Waals surface area contributed by atoms with E-state index in [0.717, 1.165) is 50.2 Å². The van der Waals surface area contributed by atoms with E-state index in [1.165, 1.54) is 20.7 Å². The maximum atomic E-state index is 10.9. The molecule has 0 saturated heterocycles. The number of phenolic OH excluding ortho intramolecular Hbond substituents is 1. The van der Waals surface area contributed by atoms with Crippen LogP contribution < -0.4 is 25.7 Å². The van der Waals surface area contributed by atoms with Crippen molar-refractivity contribution < 1.29 is 27.5 Å². The van der Waals surface area contributed by atoms with Crippen LogP contribution in [-0.4, -0.2) is 18.2 Å². The number of hydrogen-bond acceptors (Lipinski definition) is 2. The van der Waals surface area contributed by atoms with Crippen LogP contribution in [0.15, 0.2) is 170 Å². The predicted molar refractivity (Wildman–Crippen MR) is 210 cm³/mol. The van der Waals surface area contributed by atoms with Gasteiger partial charge in [0, 0.05) is 27.9 Å². The van der Waals surface area contributed by atoms with Crippen LogP contribution in [0.1, 0.15) is 25.3 Å². The first kappa shape index (κ1) is 34.2. The van der Waals surface area contributed by atoms with Crippen LogP contribution in [0, 0.1) is 6.07 Å². The van der Waals surface area contributed by atoms with Crippen LogP contribution in [0.4, 0.5) is 0 Å². The van der Waals surface area contributed by atoms with Gasteiger partial charge in [0.25, 0.3) is 0 Å². The van der Waals surface area contributed by atoms with E-state index in [-0.39, 0.29) is 28.1 Å². The number of nitrogens with zero attached hydrogens (tertiary/aromatic N) is 2. The summed E-state index contributed by atoms with van der Waals surface area (Å²) in [6.45, 7) is 4.32. The molecule has 0 aliphatic carbocycles. The van der Waals surface area contributed by atoms with E-state index in [4.69, 9.17) is 9.97 Å². The van der Waals surface area contributed by atoms with Gasteiger partial charge in [-0.25, -0.2) is 0 Å². The predicted octanol–water partition coefficient (Wildman–Crippen LogP) is 8.20. The Morgan fingerprint density at radius 3 is 1.78 bits per heavy atom. The molecule has 0 saturated carbocycles. The molecule has 2 heterocycles. The molecule has 0 fully saturated rings. The Hall–Kier alpha value is -5.23. The van der Waals surface area contributed by atoms with Crippen molar-refractivity contribution in [3.05, 3.63) is 181 Å². The molecule has 8 rings (SSSR count). The van der Waals surface area contributed by atoms with Crippen LogP contribution in [0.2, 0.25) is 0 Å². The topological polar surface area (TPSA) is 47.2 Å². The first-order chi connectivity index (χ1) is 24.5. The van der Waals surface area contributed by atoms with Gasteiger partial charge in [0.2, 0.25) is 0 Å². The molecular weight excluding hydrogens is 822 g/mol. The second kappa shape index (κ2) is 14.6. The van der Waals surface area contributed by atoms with Crippen molar-refractivity contribution in [1.29, 1.82) is 0 Å². The summed E-state index contributed by atoms with van der Waals surface area (Å²) in [5, 5.41) is 17.1. The Kier molecular flexibility index (Phi) is 9.77. The average Bonchev–Trinajstić information content (AvgIpc) is 3.61. The number of aromatic nitrogens is 2. The first-order valence-corrected chi connectivity index (χ1v) is 19.1. The molecule has 51 heavy (non-hydrogen) atoms. The van der Waals surface area contributed by atoms with Crippen molar-refractivity contribution in [1.82, 2.24) is 9.97 Å². The van der Waals surface area contributed by atoms with Crippen LogP contribution in [-0.2, 0) is 22.4 Å². The minimum Gasteiger partial charge on any atom is -0.656 e. The third-order valence-electron chi connectivity index (χ3n) is 9.69. The number of aromatic hydroxyl groups is 1. The molecule has 3 nitrogen and oxygen atoms in total. The van der Waals surface area contributed by atoms with Crippen molar-refractivity contribution in [2.45, 2.75) is 19.8 Å². The first-order valence-electron chi connectivity index (χ1n) is 17.1. The third kappa shape index (κ3) is 6.33. The number of rotatable bonds is 8. The molecule has 253 valence electrons. The molecule has 1 radical (unpaired) electrons. The molecule has 0 aliphatic heterocycles. The Morgan fingerprint density at radius 2 is 1.20 bits per heavy atom. The van der Waals surface area contributed by atoms with Gasteiger partial charge in [0.1, 0.15) is 5.75 Å². The molecule has 8 aromatic rings. The number of hydrogen-bond donors (Lipinski definition) is 1. The summed E-state index contributed by atoms with van der Waals surface area (Å²) in [7, 11) is -2.88. The molecule has 0 atom stereocenters. The van der Waals surface area contributed by atoms with Gasteiger partial charge in [-0.1, -0.05) is 146 Å². The van der Waals surface area contributed by atoms with E-state index < -0.39 is 8.07 Å². The molecule has 0 spiro atoms. The summed E-state index contributed by atoms with van der Waals surface area (Å²) in [5.74, 6) is 0.558. The summed E-state index contributed by atoms with van der Waals surface area (Å²) in [5.41, 5.74) is 7.11. The number of phenols is 1. The van der Waals surface area contributed by atoms with Gasteiger partial charge in [0.15, 0.2) is 8.07 Å². The monoisotopic (exact) mass is 857 g/mol. The Balaban J connectivity index is 0.00000406. The van der Waals surface area contributed by atoms with E-state index >= 15 is 0 Å². The molecule has 6 aromatic carbocycles. The van der Waals surface area contributed by atoms with Crippen molar-refractivity contribution in [2.75, 3.05) is 0 Å². The summed E-state index contributed by atoms with van der Waals surface area (Å²) < 4.78 is 0. The summed E-state index contributed by atoms with van der Waals surface area (Å²) in [6.07, 6.45) is 0. The van der Waals surface area contributed by atoms with Crippen molar-refractivity contribution in [3.63, 3.8) is 0 Å². The van der Waals surface area contributed by atoms with Gasteiger partial charge in [0.05, 0.1) is 5.69 Å². The molecular formula is C46H36AuN2OSi-2. The molecule has 1 N–H and O–H groups in total. The SMILES string of the molecule is CC(C)c1ccc(O)c(-c2cc3cccc(-c4cc([Si](c5ccccc5)(c5ccccc5)c5ccccc5)cc(-c5[c-]cccc5)n4)c3[n-]2)c1.[Au]. The zero-order chi connectivity index (χ0) is 34.1. The smallest absolute Gasteiger partial charge is 0.178 e. The fourth-order valence-corrected chi connectivity index (χ4v) is 12.0. The maximum absolute atomic E-state index is 10.9. The van der Waals surface area contributed by atoms with E-state index in [9.17, 15) is 5.11 Å². The zero-order valence-corrected chi connectivity index (χ0v) is 31.6. The van der Waals surface area contributed by atoms with Crippen LogP contribution in [0.5, 0.6) is 5.75 Å². The number of benzene rings is 6. The Morgan fingerprint density at radius 1 is 0.588 bits per heavy atom. The van der Waals surface area contributed by atoms with Crippen molar-refractivity contribution >= 4 is 39.7 Å². The Labute approximate surface area is 316 Å². The standard InChI is InChI=1S/C46H36N2OSi.Au/c1-32(2)34-26-27-45(49)41(28-34)43-29-35-18-15-25-40(46(35)48-43)44-31-39(30-42(47-44)33-16-7-3-8-17-33)50(36-19-9-4-10-20-36,37-21-11-5-12-22-37)38-23-13-6-14-24-38;/h3-16,18-32H,1-2H3,(H-,47,48,49);/q-2;. The molecule has 5 heteroatoms.